The summed E-state index contributed by atoms with van der Waals surface area (Å²) in [6.07, 6.45) is 3.06. The van der Waals surface area contributed by atoms with Gasteiger partial charge in [-0.25, -0.2) is 4.98 Å². The number of aromatic nitrogens is 1. The lowest BCUT2D eigenvalue weighted by atomic mass is 10.2. The number of hydrogen-bond acceptors (Lipinski definition) is 5. The van der Waals surface area contributed by atoms with Gasteiger partial charge in [-0.05, 0) is 24.1 Å². The molecule has 2 aliphatic rings. The fraction of sp³-hybridized carbons (Fsp3) is 0.667. The highest BCUT2D eigenvalue weighted by Crippen LogP contribution is 2.17. The highest BCUT2D eigenvalue weighted by atomic mass is 127. The van der Waals surface area contributed by atoms with Crippen LogP contribution in [-0.2, 0) is 11.3 Å². The average molecular weight is 474 g/mol. The SMILES string of the molecule is CN=C(NCc1ccnc(N(C)C)c1)N1CCC(N2CCOCC2)C1.I. The van der Waals surface area contributed by atoms with E-state index >= 15 is 0 Å². The Hall–Kier alpha value is -1.13. The van der Waals surface area contributed by atoms with Crippen molar-refractivity contribution in [3.63, 3.8) is 0 Å². The standard InChI is InChI=1S/C18H30N6O.HI/c1-19-18(21-13-15-4-6-20-17(12-15)22(2)3)24-7-5-16(14-24)23-8-10-25-11-9-23;/h4,6,12,16H,5,7-11,13-14H2,1-3H3,(H,19,21);1H. The normalized spacial score (nSPS) is 21.4. The molecule has 2 fully saturated rings. The van der Waals surface area contributed by atoms with Crippen LogP contribution in [0.2, 0.25) is 0 Å². The molecule has 8 heteroatoms. The lowest BCUT2D eigenvalue weighted by molar-refractivity contribution is 0.0195. The van der Waals surface area contributed by atoms with E-state index in [0.29, 0.717) is 6.04 Å². The molecule has 0 amide bonds. The molecule has 26 heavy (non-hydrogen) atoms. The van der Waals surface area contributed by atoms with Gasteiger partial charge in [-0.2, -0.15) is 0 Å². The number of rotatable bonds is 4. The molecule has 0 radical (unpaired) electrons. The van der Waals surface area contributed by atoms with E-state index in [0.717, 1.165) is 57.7 Å². The number of nitrogens with zero attached hydrogens (tertiary/aromatic N) is 5. The molecule has 146 valence electrons. The quantitative estimate of drug-likeness (QED) is 0.403. The lowest BCUT2D eigenvalue weighted by Crippen LogP contribution is -2.46. The Bertz CT molecular complexity index is 591. The fourth-order valence-electron chi connectivity index (χ4n) is 3.50. The summed E-state index contributed by atoms with van der Waals surface area (Å²) in [4.78, 5) is 15.8. The monoisotopic (exact) mass is 474 g/mol. The molecule has 0 aromatic carbocycles. The van der Waals surface area contributed by atoms with Gasteiger partial charge in [0.2, 0.25) is 0 Å². The highest BCUT2D eigenvalue weighted by molar-refractivity contribution is 14.0. The van der Waals surface area contributed by atoms with Gasteiger partial charge in [-0.15, -0.1) is 24.0 Å². The zero-order valence-electron chi connectivity index (χ0n) is 16.0. The second-order valence-electron chi connectivity index (χ2n) is 6.85. The van der Waals surface area contributed by atoms with E-state index in [9.17, 15) is 0 Å². The van der Waals surface area contributed by atoms with Crippen LogP contribution in [0.5, 0.6) is 0 Å². The van der Waals surface area contributed by atoms with E-state index in [4.69, 9.17) is 4.74 Å². The largest absolute Gasteiger partial charge is 0.379 e. The van der Waals surface area contributed by atoms with Gasteiger partial charge >= 0.3 is 0 Å². The summed E-state index contributed by atoms with van der Waals surface area (Å²) in [5.41, 5.74) is 1.21. The lowest BCUT2D eigenvalue weighted by Gasteiger charge is -2.32. The first kappa shape index (κ1) is 21.2. The van der Waals surface area contributed by atoms with Gasteiger partial charge in [0.25, 0.3) is 0 Å². The van der Waals surface area contributed by atoms with Crippen molar-refractivity contribution in [3.05, 3.63) is 23.9 Å². The second kappa shape index (κ2) is 10.3. The van der Waals surface area contributed by atoms with E-state index in [-0.39, 0.29) is 24.0 Å². The molecule has 2 saturated heterocycles. The van der Waals surface area contributed by atoms with Gasteiger partial charge in [0.05, 0.1) is 13.2 Å². The van der Waals surface area contributed by atoms with Crippen molar-refractivity contribution in [2.24, 2.45) is 4.99 Å². The van der Waals surface area contributed by atoms with Crippen molar-refractivity contribution in [2.45, 2.75) is 19.0 Å². The molecule has 1 aromatic rings. The average Bonchev–Trinajstić information content (AvgIpc) is 3.13. The van der Waals surface area contributed by atoms with Crippen LogP contribution in [0.25, 0.3) is 0 Å². The summed E-state index contributed by atoms with van der Waals surface area (Å²) >= 11 is 0. The molecule has 1 N–H and O–H groups in total. The van der Waals surface area contributed by atoms with Crippen LogP contribution in [0, 0.1) is 0 Å². The third-order valence-electron chi connectivity index (χ3n) is 4.96. The van der Waals surface area contributed by atoms with Gasteiger partial charge in [0.15, 0.2) is 5.96 Å². The number of hydrogen-bond donors (Lipinski definition) is 1. The van der Waals surface area contributed by atoms with Gasteiger partial charge in [0.1, 0.15) is 5.82 Å². The number of likely N-dealkylation sites (tertiary alicyclic amines) is 1. The van der Waals surface area contributed by atoms with Gasteiger partial charge in [-0.1, -0.05) is 0 Å². The predicted octanol–water partition coefficient (Wildman–Crippen LogP) is 1.25. The number of ether oxygens (including phenoxy) is 1. The third kappa shape index (κ3) is 5.43. The number of guanidine groups is 1. The fourth-order valence-corrected chi connectivity index (χ4v) is 3.50. The first-order chi connectivity index (χ1) is 12.2. The maximum atomic E-state index is 5.47. The molecule has 1 aromatic heterocycles. The molecule has 0 saturated carbocycles. The van der Waals surface area contributed by atoms with Crippen molar-refractivity contribution in [3.8, 4) is 0 Å². The van der Waals surface area contributed by atoms with Crippen LogP contribution in [0.3, 0.4) is 0 Å². The van der Waals surface area contributed by atoms with Gasteiger partial charge in [0, 0.05) is 66.1 Å². The molecule has 1 atom stereocenters. The predicted molar refractivity (Wildman–Crippen MR) is 117 cm³/mol. The van der Waals surface area contributed by atoms with E-state index in [1.54, 1.807) is 0 Å². The number of aliphatic imine (C=N–C) groups is 1. The zero-order valence-corrected chi connectivity index (χ0v) is 18.3. The maximum absolute atomic E-state index is 5.47. The number of halogens is 1. The van der Waals surface area contributed by atoms with E-state index < -0.39 is 0 Å². The summed E-state index contributed by atoms with van der Waals surface area (Å²) in [6, 6.07) is 4.78. The van der Waals surface area contributed by atoms with E-state index in [2.05, 4.69) is 31.2 Å². The number of nitrogens with one attached hydrogen (secondary N) is 1. The molecular formula is C18H31IN6O. The first-order valence-corrected chi connectivity index (χ1v) is 9.07. The Morgan fingerprint density at radius 2 is 2.12 bits per heavy atom. The van der Waals surface area contributed by atoms with Crippen molar-refractivity contribution in [2.75, 3.05) is 65.4 Å². The minimum atomic E-state index is 0. The summed E-state index contributed by atoms with van der Waals surface area (Å²) in [5, 5.41) is 3.50. The van der Waals surface area contributed by atoms with Crippen LogP contribution >= 0.6 is 24.0 Å². The summed E-state index contributed by atoms with van der Waals surface area (Å²) in [6.45, 7) is 6.68. The Morgan fingerprint density at radius 1 is 1.35 bits per heavy atom. The van der Waals surface area contributed by atoms with E-state index in [1.807, 2.05) is 38.3 Å². The molecule has 0 spiro atoms. The molecular weight excluding hydrogens is 443 g/mol. The Kier molecular flexibility index (Phi) is 8.36. The highest BCUT2D eigenvalue weighted by Gasteiger charge is 2.30. The maximum Gasteiger partial charge on any atom is 0.193 e. The van der Waals surface area contributed by atoms with Crippen LogP contribution in [0.4, 0.5) is 5.82 Å². The molecule has 3 heterocycles. The Balaban J connectivity index is 0.00000243. The minimum Gasteiger partial charge on any atom is -0.379 e. The topological polar surface area (TPSA) is 56.2 Å². The summed E-state index contributed by atoms with van der Waals surface area (Å²) in [7, 11) is 5.88. The zero-order chi connectivity index (χ0) is 17.6. The molecule has 2 aliphatic heterocycles. The van der Waals surface area contributed by atoms with Crippen molar-refractivity contribution in [1.82, 2.24) is 20.1 Å². The Morgan fingerprint density at radius 3 is 2.81 bits per heavy atom. The third-order valence-corrected chi connectivity index (χ3v) is 4.96. The number of anilines is 1. The van der Waals surface area contributed by atoms with Crippen LogP contribution < -0.4 is 10.2 Å². The molecule has 0 aliphatic carbocycles. The minimum absolute atomic E-state index is 0. The smallest absolute Gasteiger partial charge is 0.193 e. The van der Waals surface area contributed by atoms with E-state index in [1.165, 1.54) is 12.0 Å². The van der Waals surface area contributed by atoms with Crippen molar-refractivity contribution < 1.29 is 4.74 Å². The Labute approximate surface area is 173 Å². The number of pyridine rings is 1. The van der Waals surface area contributed by atoms with Crippen molar-refractivity contribution in [1.29, 1.82) is 0 Å². The van der Waals surface area contributed by atoms with Crippen LogP contribution in [0.1, 0.15) is 12.0 Å². The number of morpholine rings is 1. The van der Waals surface area contributed by atoms with Gasteiger partial charge < -0.3 is 19.9 Å². The molecule has 1 unspecified atom stereocenters. The second-order valence-corrected chi connectivity index (χ2v) is 6.85. The van der Waals surface area contributed by atoms with Crippen LogP contribution in [0.15, 0.2) is 23.3 Å². The van der Waals surface area contributed by atoms with Crippen LogP contribution in [-0.4, -0.2) is 87.3 Å². The van der Waals surface area contributed by atoms with Crippen molar-refractivity contribution >= 4 is 35.8 Å². The molecule has 7 nitrogen and oxygen atoms in total. The van der Waals surface area contributed by atoms with Gasteiger partial charge in [-0.3, -0.25) is 9.89 Å². The summed E-state index contributed by atoms with van der Waals surface area (Å²) in [5.74, 6) is 1.96. The molecule has 3 rings (SSSR count). The molecule has 0 bridgehead atoms. The first-order valence-electron chi connectivity index (χ1n) is 9.07. The summed E-state index contributed by atoms with van der Waals surface area (Å²) < 4.78 is 5.47.